The van der Waals surface area contributed by atoms with Crippen molar-refractivity contribution in [2.24, 2.45) is 4.99 Å². The van der Waals surface area contributed by atoms with Crippen LogP contribution in [0.5, 0.6) is 17.2 Å². The molecule has 2 heterocycles. The molecule has 0 aliphatic carbocycles. The largest absolute Gasteiger partial charge is 0.495 e. The summed E-state index contributed by atoms with van der Waals surface area (Å²) in [7, 11) is 2.87. The lowest BCUT2D eigenvalue weighted by Gasteiger charge is -2.23. The molecule has 0 spiro atoms. The molecule has 194 valence electrons. The standard InChI is InChI=1S/C26H24Br2N2O6S/c1-5-35-19-8-7-14(10-20(19)36-6-2)22-17(25(32)34-4)13-29-26-30(22)24(31)21(37-26)11-15-9-16(27)12-18(28)23(15)33-3/h7-13,22H,5-6H2,1-4H3/b21-11+/t22-/m0/s1. The molecule has 4 rings (SSSR count). The highest BCUT2D eigenvalue weighted by Crippen LogP contribution is 2.35. The van der Waals surface area contributed by atoms with Crippen molar-refractivity contribution in [3.63, 3.8) is 0 Å². The smallest absolute Gasteiger partial charge is 0.337 e. The van der Waals surface area contributed by atoms with Gasteiger partial charge >= 0.3 is 5.97 Å². The Balaban J connectivity index is 1.94. The van der Waals surface area contributed by atoms with E-state index in [1.54, 1.807) is 25.3 Å². The van der Waals surface area contributed by atoms with E-state index >= 15 is 0 Å². The minimum atomic E-state index is -0.767. The summed E-state index contributed by atoms with van der Waals surface area (Å²) in [4.78, 5) is 31.4. The third kappa shape index (κ3) is 5.39. The highest BCUT2D eigenvalue weighted by molar-refractivity contribution is 9.11. The van der Waals surface area contributed by atoms with Gasteiger partial charge in [-0.15, -0.1) is 0 Å². The van der Waals surface area contributed by atoms with Crippen molar-refractivity contribution in [1.82, 2.24) is 4.57 Å². The van der Waals surface area contributed by atoms with Gasteiger partial charge in [0.15, 0.2) is 16.3 Å². The highest BCUT2D eigenvalue weighted by atomic mass is 79.9. The van der Waals surface area contributed by atoms with Gasteiger partial charge in [0, 0.05) is 16.2 Å². The number of aromatic nitrogens is 1. The van der Waals surface area contributed by atoms with Gasteiger partial charge in [-0.2, -0.15) is 0 Å². The fourth-order valence-electron chi connectivity index (χ4n) is 4.03. The summed E-state index contributed by atoms with van der Waals surface area (Å²) in [5.74, 6) is 1.12. The molecule has 0 radical (unpaired) electrons. The van der Waals surface area contributed by atoms with E-state index < -0.39 is 12.0 Å². The lowest BCUT2D eigenvalue weighted by molar-refractivity contribution is -0.136. The van der Waals surface area contributed by atoms with Crippen LogP contribution >= 0.6 is 43.2 Å². The van der Waals surface area contributed by atoms with Gasteiger partial charge in [0.25, 0.3) is 5.56 Å². The fraction of sp³-hybridized carbons (Fsp3) is 0.269. The molecule has 0 unspecified atom stereocenters. The number of fused-ring (bicyclic) bond motifs is 1. The molecule has 11 heteroatoms. The van der Waals surface area contributed by atoms with Crippen LogP contribution in [0.25, 0.3) is 6.08 Å². The van der Waals surface area contributed by atoms with Crippen molar-refractivity contribution in [2.45, 2.75) is 19.9 Å². The summed E-state index contributed by atoms with van der Waals surface area (Å²) in [6.07, 6.45) is 3.21. The number of thiazole rings is 1. The Hall–Kier alpha value is -2.89. The van der Waals surface area contributed by atoms with Crippen LogP contribution in [0.15, 0.2) is 60.8 Å². The molecule has 1 aliphatic rings. The van der Waals surface area contributed by atoms with Crippen molar-refractivity contribution in [3.05, 3.63) is 81.9 Å². The van der Waals surface area contributed by atoms with E-state index in [-0.39, 0.29) is 11.1 Å². The summed E-state index contributed by atoms with van der Waals surface area (Å²) in [5.41, 5.74) is 1.30. The molecule has 8 nitrogen and oxygen atoms in total. The third-order valence-corrected chi connectivity index (χ3v) is 7.58. The van der Waals surface area contributed by atoms with E-state index in [0.29, 0.717) is 50.9 Å². The monoisotopic (exact) mass is 650 g/mol. The number of esters is 1. The summed E-state index contributed by atoms with van der Waals surface area (Å²) >= 11 is 8.21. The zero-order valence-corrected chi connectivity index (χ0v) is 24.5. The number of benzene rings is 2. The van der Waals surface area contributed by atoms with Crippen LogP contribution in [0.4, 0.5) is 0 Å². The zero-order valence-electron chi connectivity index (χ0n) is 20.5. The topological polar surface area (TPSA) is 88.4 Å². The molecule has 1 aliphatic heterocycles. The Labute approximate surface area is 234 Å². The quantitative estimate of drug-likeness (QED) is 0.337. The van der Waals surface area contributed by atoms with Crippen molar-refractivity contribution in [2.75, 3.05) is 27.4 Å². The summed E-state index contributed by atoms with van der Waals surface area (Å²) in [5, 5.41) is 0. The first kappa shape index (κ1) is 27.2. The Bertz CT molecular complexity index is 1560. The Kier molecular flexibility index (Phi) is 8.56. The van der Waals surface area contributed by atoms with E-state index in [9.17, 15) is 9.59 Å². The normalized spacial score (nSPS) is 14.9. The Morgan fingerprint density at radius 1 is 1.11 bits per heavy atom. The van der Waals surface area contributed by atoms with Crippen LogP contribution in [0.2, 0.25) is 0 Å². The van der Waals surface area contributed by atoms with Gasteiger partial charge in [-0.1, -0.05) is 33.3 Å². The SMILES string of the molecule is CCOc1ccc([C@H]2C(C(=O)OC)=CN=c3s/c(=C/c4cc(Br)cc(Br)c4OC)c(=O)n32)cc1OCC. The molecule has 1 atom stereocenters. The fourth-order valence-corrected chi connectivity index (χ4v) is 6.41. The summed E-state index contributed by atoms with van der Waals surface area (Å²) < 4.78 is 25.6. The molecule has 0 saturated carbocycles. The van der Waals surface area contributed by atoms with Crippen LogP contribution in [-0.4, -0.2) is 38.0 Å². The summed E-state index contributed by atoms with van der Waals surface area (Å²) in [6, 6.07) is 8.33. The predicted molar refractivity (Wildman–Crippen MR) is 148 cm³/mol. The van der Waals surface area contributed by atoms with Gasteiger partial charge in [0.05, 0.1) is 48.1 Å². The van der Waals surface area contributed by atoms with Gasteiger partial charge in [0.2, 0.25) is 0 Å². The van der Waals surface area contributed by atoms with E-state index in [1.165, 1.54) is 29.2 Å². The number of nitrogens with zero attached hydrogens (tertiary/aromatic N) is 2. The molecule has 0 amide bonds. The number of hydrogen-bond donors (Lipinski definition) is 0. The second kappa shape index (κ2) is 11.7. The third-order valence-electron chi connectivity index (χ3n) is 5.54. The first-order chi connectivity index (χ1) is 17.8. The zero-order chi connectivity index (χ0) is 26.7. The van der Waals surface area contributed by atoms with Crippen molar-refractivity contribution >= 4 is 55.2 Å². The molecule has 37 heavy (non-hydrogen) atoms. The number of carbonyl (C=O) groups is 1. The maximum absolute atomic E-state index is 13.8. The minimum Gasteiger partial charge on any atom is -0.495 e. The van der Waals surface area contributed by atoms with Crippen LogP contribution in [-0.2, 0) is 9.53 Å². The number of carbonyl (C=O) groups excluding carboxylic acids is 1. The van der Waals surface area contributed by atoms with E-state index in [1.807, 2.05) is 32.0 Å². The second-order valence-corrected chi connectivity index (χ2v) is 10.5. The minimum absolute atomic E-state index is 0.232. The van der Waals surface area contributed by atoms with Crippen LogP contribution < -0.4 is 29.1 Å². The molecule has 0 fully saturated rings. The average Bonchev–Trinajstić information content (AvgIpc) is 3.19. The van der Waals surface area contributed by atoms with Crippen LogP contribution in [0.3, 0.4) is 0 Å². The number of methoxy groups -OCH3 is 2. The maximum atomic E-state index is 13.8. The van der Waals surface area contributed by atoms with Gasteiger partial charge in [-0.3, -0.25) is 9.36 Å². The molecule has 0 saturated heterocycles. The first-order valence-corrected chi connectivity index (χ1v) is 13.7. The molecule has 0 bridgehead atoms. The number of ether oxygens (including phenoxy) is 4. The number of hydrogen-bond acceptors (Lipinski definition) is 8. The molecular formula is C26H24Br2N2O6S. The predicted octanol–water partition coefficient (Wildman–Crippen LogP) is 4.35. The lowest BCUT2D eigenvalue weighted by Crippen LogP contribution is -2.39. The Morgan fingerprint density at radius 3 is 2.51 bits per heavy atom. The highest BCUT2D eigenvalue weighted by Gasteiger charge is 2.31. The van der Waals surface area contributed by atoms with Crippen molar-refractivity contribution < 1.29 is 23.7 Å². The second-order valence-electron chi connectivity index (χ2n) is 7.76. The maximum Gasteiger partial charge on any atom is 0.337 e. The van der Waals surface area contributed by atoms with Crippen LogP contribution in [0, 0.1) is 0 Å². The Morgan fingerprint density at radius 2 is 1.84 bits per heavy atom. The van der Waals surface area contributed by atoms with Crippen molar-refractivity contribution in [1.29, 1.82) is 0 Å². The number of halogens is 2. The van der Waals surface area contributed by atoms with E-state index in [0.717, 1.165) is 8.95 Å². The lowest BCUT2D eigenvalue weighted by atomic mass is 9.97. The molecule has 3 aromatic rings. The average molecular weight is 652 g/mol. The van der Waals surface area contributed by atoms with Gasteiger partial charge in [-0.05, 0) is 65.7 Å². The molecule has 0 N–H and O–H groups in total. The number of rotatable bonds is 8. The van der Waals surface area contributed by atoms with E-state index in [2.05, 4.69) is 36.9 Å². The van der Waals surface area contributed by atoms with Gasteiger partial charge < -0.3 is 18.9 Å². The van der Waals surface area contributed by atoms with Gasteiger partial charge in [-0.25, -0.2) is 9.79 Å². The molecule has 2 aromatic carbocycles. The van der Waals surface area contributed by atoms with E-state index in [4.69, 9.17) is 18.9 Å². The molecule has 1 aromatic heterocycles. The van der Waals surface area contributed by atoms with Gasteiger partial charge in [0.1, 0.15) is 5.75 Å². The summed E-state index contributed by atoms with van der Waals surface area (Å²) in [6.45, 7) is 4.66. The van der Waals surface area contributed by atoms with Crippen LogP contribution in [0.1, 0.15) is 31.0 Å². The van der Waals surface area contributed by atoms with Crippen molar-refractivity contribution in [3.8, 4) is 17.2 Å². The first-order valence-electron chi connectivity index (χ1n) is 11.3. The molecular weight excluding hydrogens is 628 g/mol.